The fourth-order valence-electron chi connectivity index (χ4n) is 2.56. The number of aromatic nitrogens is 1. The first-order valence-corrected chi connectivity index (χ1v) is 10.2. The predicted molar refractivity (Wildman–Crippen MR) is 91.8 cm³/mol. The zero-order chi connectivity index (χ0) is 17.9. The summed E-state index contributed by atoms with van der Waals surface area (Å²) in [5, 5.41) is 0.664. The second-order valence-corrected chi connectivity index (χ2v) is 8.43. The fraction of sp³-hybridized carbons (Fsp3) is 0.375. The number of nitrogens with zero attached hydrogens (tertiary/aromatic N) is 2. The third-order valence-electron chi connectivity index (χ3n) is 3.91. The summed E-state index contributed by atoms with van der Waals surface area (Å²) in [4.78, 5) is 16.0. The Morgan fingerprint density at radius 2 is 2.08 bits per heavy atom. The van der Waals surface area contributed by atoms with Crippen LogP contribution < -0.4 is 0 Å². The number of esters is 1. The van der Waals surface area contributed by atoms with Gasteiger partial charge in [0, 0.05) is 30.6 Å². The molecule has 0 atom stereocenters. The molecule has 0 aromatic carbocycles. The van der Waals surface area contributed by atoms with E-state index < -0.39 is 16.0 Å². The van der Waals surface area contributed by atoms with Gasteiger partial charge in [0.25, 0.3) is 0 Å². The van der Waals surface area contributed by atoms with Crippen LogP contribution in [0.2, 0.25) is 0 Å². The summed E-state index contributed by atoms with van der Waals surface area (Å²) in [7, 11) is -2.16. The molecule has 0 amide bonds. The van der Waals surface area contributed by atoms with Crippen LogP contribution in [0.4, 0.5) is 0 Å². The van der Waals surface area contributed by atoms with Crippen LogP contribution >= 0.6 is 11.8 Å². The van der Waals surface area contributed by atoms with Gasteiger partial charge in [-0.05, 0) is 31.0 Å². The average Bonchev–Trinajstić information content (AvgIpc) is 3.31. The molecule has 0 aliphatic carbocycles. The third kappa shape index (κ3) is 3.88. The average molecular weight is 382 g/mol. The number of rotatable bonds is 6. The van der Waals surface area contributed by atoms with E-state index in [1.54, 1.807) is 18.2 Å². The monoisotopic (exact) mass is 382 g/mol. The molecule has 9 heteroatoms. The van der Waals surface area contributed by atoms with E-state index in [1.165, 1.54) is 35.6 Å². The van der Waals surface area contributed by atoms with Gasteiger partial charge in [0.2, 0.25) is 15.8 Å². The number of ether oxygens (including phenoxy) is 1. The molecule has 0 N–H and O–H groups in total. The Bertz CT molecular complexity index is 840. The number of pyridine rings is 1. The van der Waals surface area contributed by atoms with Crippen LogP contribution in [-0.4, -0.2) is 43.9 Å². The minimum atomic E-state index is -3.45. The van der Waals surface area contributed by atoms with Gasteiger partial charge in [0.05, 0.1) is 18.4 Å². The summed E-state index contributed by atoms with van der Waals surface area (Å²) in [5.74, 6) is 0.107. The normalized spacial score (nSPS) is 15.4. The van der Waals surface area contributed by atoms with Gasteiger partial charge in [0.1, 0.15) is 4.90 Å². The largest absolute Gasteiger partial charge is 0.463 e. The van der Waals surface area contributed by atoms with Crippen molar-refractivity contribution in [2.75, 3.05) is 20.2 Å². The van der Waals surface area contributed by atoms with Crippen molar-refractivity contribution in [3.63, 3.8) is 0 Å². The number of methoxy groups -OCH3 is 1. The zero-order valence-electron chi connectivity index (χ0n) is 13.7. The van der Waals surface area contributed by atoms with Gasteiger partial charge >= 0.3 is 5.97 Å². The Balaban J connectivity index is 1.67. The van der Waals surface area contributed by atoms with E-state index in [1.807, 2.05) is 0 Å². The molecule has 1 saturated heterocycles. The first-order chi connectivity index (χ1) is 12.0. The zero-order valence-corrected chi connectivity index (χ0v) is 15.3. The molecule has 25 heavy (non-hydrogen) atoms. The molecule has 1 aliphatic heterocycles. The number of hydrogen-bond acceptors (Lipinski definition) is 7. The highest BCUT2D eigenvalue weighted by Crippen LogP contribution is 2.26. The summed E-state index contributed by atoms with van der Waals surface area (Å²) in [6, 6.07) is 4.94. The van der Waals surface area contributed by atoms with Crippen molar-refractivity contribution < 1.29 is 22.4 Å². The standard InChI is InChI=1S/C16H18N2O5S2/c1-22-16(19)15-12(6-9-23-15)11-24-14-5-4-13(10-17-14)25(20,21)18-7-2-3-8-18/h4-6,9-10H,2-3,7-8,11H2,1H3. The van der Waals surface area contributed by atoms with Crippen molar-refractivity contribution in [3.8, 4) is 0 Å². The highest BCUT2D eigenvalue weighted by molar-refractivity contribution is 7.98. The lowest BCUT2D eigenvalue weighted by molar-refractivity contribution is 0.0564. The first-order valence-electron chi connectivity index (χ1n) is 7.76. The molecule has 2 aromatic rings. The molecule has 0 spiro atoms. The molecule has 7 nitrogen and oxygen atoms in total. The number of thioether (sulfide) groups is 1. The highest BCUT2D eigenvalue weighted by atomic mass is 32.2. The van der Waals surface area contributed by atoms with E-state index >= 15 is 0 Å². The lowest BCUT2D eigenvalue weighted by atomic mass is 10.3. The van der Waals surface area contributed by atoms with Crippen molar-refractivity contribution in [2.45, 2.75) is 28.5 Å². The Labute approximate surface area is 150 Å². The van der Waals surface area contributed by atoms with Gasteiger partial charge < -0.3 is 9.15 Å². The van der Waals surface area contributed by atoms with Gasteiger partial charge in [-0.1, -0.05) is 0 Å². The predicted octanol–water partition coefficient (Wildman–Crippen LogP) is 2.54. The number of sulfonamides is 1. The maximum atomic E-state index is 12.5. The molecule has 3 heterocycles. The SMILES string of the molecule is COC(=O)c1occc1CSc1ccc(S(=O)(=O)N2CCCC2)cn1. The molecular weight excluding hydrogens is 364 g/mol. The van der Waals surface area contributed by atoms with Gasteiger partial charge in [-0.15, -0.1) is 11.8 Å². The van der Waals surface area contributed by atoms with Crippen LogP contribution in [0.1, 0.15) is 29.0 Å². The van der Waals surface area contributed by atoms with Gasteiger partial charge in [-0.3, -0.25) is 0 Å². The summed E-state index contributed by atoms with van der Waals surface area (Å²) in [5.41, 5.74) is 0.701. The number of furan rings is 1. The molecule has 0 radical (unpaired) electrons. The van der Waals surface area contributed by atoms with E-state index in [0.29, 0.717) is 29.4 Å². The number of carbonyl (C=O) groups is 1. The highest BCUT2D eigenvalue weighted by Gasteiger charge is 2.27. The second-order valence-electron chi connectivity index (χ2n) is 5.50. The molecule has 1 fully saturated rings. The van der Waals surface area contributed by atoms with Gasteiger partial charge in [0.15, 0.2) is 0 Å². The smallest absolute Gasteiger partial charge is 0.374 e. The summed E-state index contributed by atoms with van der Waals surface area (Å²) < 4.78 is 36.2. The Morgan fingerprint density at radius 1 is 1.32 bits per heavy atom. The van der Waals surface area contributed by atoms with E-state index in [2.05, 4.69) is 9.72 Å². The van der Waals surface area contributed by atoms with Crippen LogP contribution in [0.15, 0.2) is 45.0 Å². The maximum absolute atomic E-state index is 12.5. The molecule has 0 bridgehead atoms. The molecule has 134 valence electrons. The Hall–Kier alpha value is -1.84. The van der Waals surface area contributed by atoms with E-state index in [9.17, 15) is 13.2 Å². The van der Waals surface area contributed by atoms with Crippen LogP contribution in [0.25, 0.3) is 0 Å². The van der Waals surface area contributed by atoms with E-state index in [0.717, 1.165) is 12.8 Å². The number of carbonyl (C=O) groups excluding carboxylic acids is 1. The summed E-state index contributed by atoms with van der Waals surface area (Å²) in [6.45, 7) is 1.13. The second kappa shape index (κ2) is 7.59. The molecule has 0 unspecified atom stereocenters. The van der Waals surface area contributed by atoms with E-state index in [4.69, 9.17) is 4.42 Å². The van der Waals surface area contributed by atoms with E-state index in [-0.39, 0.29) is 10.7 Å². The third-order valence-corrected chi connectivity index (χ3v) is 6.78. The molecular formula is C16H18N2O5S2. The minimum absolute atomic E-state index is 0.170. The van der Waals surface area contributed by atoms with Crippen molar-refractivity contribution >= 4 is 27.8 Å². The lowest BCUT2D eigenvalue weighted by Gasteiger charge is -2.15. The first kappa shape index (κ1) is 18.0. The summed E-state index contributed by atoms with van der Waals surface area (Å²) >= 11 is 1.38. The number of hydrogen-bond donors (Lipinski definition) is 0. The quantitative estimate of drug-likeness (QED) is 0.560. The van der Waals surface area contributed by atoms with Gasteiger partial charge in [-0.2, -0.15) is 4.31 Å². The molecule has 3 rings (SSSR count). The molecule has 2 aromatic heterocycles. The molecule has 1 aliphatic rings. The van der Waals surface area contributed by atoms with Crippen molar-refractivity contribution in [1.29, 1.82) is 0 Å². The molecule has 0 saturated carbocycles. The van der Waals surface area contributed by atoms with Crippen LogP contribution in [-0.2, 0) is 20.5 Å². The minimum Gasteiger partial charge on any atom is -0.463 e. The summed E-state index contributed by atoms with van der Waals surface area (Å²) in [6.07, 6.45) is 4.61. The van der Waals surface area contributed by atoms with Crippen molar-refractivity contribution in [1.82, 2.24) is 9.29 Å². The lowest BCUT2D eigenvalue weighted by Crippen LogP contribution is -2.27. The van der Waals surface area contributed by atoms with Crippen LogP contribution in [0.5, 0.6) is 0 Å². The maximum Gasteiger partial charge on any atom is 0.374 e. The fourth-order valence-corrected chi connectivity index (χ4v) is 4.84. The van der Waals surface area contributed by atoms with Crippen LogP contribution in [0, 0.1) is 0 Å². The Kier molecular flexibility index (Phi) is 5.45. The Morgan fingerprint density at radius 3 is 2.72 bits per heavy atom. The van der Waals surface area contributed by atoms with Crippen molar-refractivity contribution in [3.05, 3.63) is 42.0 Å². The van der Waals surface area contributed by atoms with Crippen molar-refractivity contribution in [2.24, 2.45) is 0 Å². The van der Waals surface area contributed by atoms with Gasteiger partial charge in [-0.25, -0.2) is 18.2 Å². The topological polar surface area (TPSA) is 89.7 Å². The van der Waals surface area contributed by atoms with Crippen LogP contribution in [0.3, 0.4) is 0 Å².